The van der Waals surface area contributed by atoms with Gasteiger partial charge in [0.25, 0.3) is 0 Å². The number of methoxy groups -OCH3 is 1. The predicted octanol–water partition coefficient (Wildman–Crippen LogP) is 3.39. The zero-order valence-electron chi connectivity index (χ0n) is 12.7. The van der Waals surface area contributed by atoms with Crippen molar-refractivity contribution in [3.63, 3.8) is 0 Å². The number of amides is 1. The number of halogens is 1. The molecular formula is C17H19ClN2O2. The van der Waals surface area contributed by atoms with Gasteiger partial charge in [-0.3, -0.25) is 4.79 Å². The minimum atomic E-state index is -0.145. The first kappa shape index (κ1) is 16.3. The average molecular weight is 319 g/mol. The molecule has 2 aromatic rings. The monoisotopic (exact) mass is 318 g/mol. The molecule has 22 heavy (non-hydrogen) atoms. The van der Waals surface area contributed by atoms with Crippen LogP contribution in [0.5, 0.6) is 5.75 Å². The number of hydrogen-bond donors (Lipinski definition) is 2. The van der Waals surface area contributed by atoms with Gasteiger partial charge in [-0.25, -0.2) is 0 Å². The summed E-state index contributed by atoms with van der Waals surface area (Å²) in [5, 5.41) is 6.45. The van der Waals surface area contributed by atoms with Gasteiger partial charge in [0.2, 0.25) is 5.91 Å². The van der Waals surface area contributed by atoms with E-state index in [-0.39, 0.29) is 12.5 Å². The normalized spacial score (nSPS) is 10.3. The van der Waals surface area contributed by atoms with Gasteiger partial charge in [-0.2, -0.15) is 0 Å². The molecule has 0 aliphatic rings. The summed E-state index contributed by atoms with van der Waals surface area (Å²) in [7, 11) is 1.55. The molecule has 0 heterocycles. The molecule has 0 aromatic heterocycles. The number of aryl methyl sites for hydroxylation is 1. The number of hydrogen-bond acceptors (Lipinski definition) is 3. The van der Waals surface area contributed by atoms with Crippen LogP contribution in [0.3, 0.4) is 0 Å². The largest absolute Gasteiger partial charge is 0.495 e. The fraction of sp³-hybridized carbons (Fsp3) is 0.235. The lowest BCUT2D eigenvalue weighted by Crippen LogP contribution is -2.27. The molecule has 2 N–H and O–H groups in total. The fourth-order valence-electron chi connectivity index (χ4n) is 2.11. The second kappa shape index (κ2) is 7.82. The maximum absolute atomic E-state index is 12.0. The number of rotatable bonds is 6. The summed E-state index contributed by atoms with van der Waals surface area (Å²) in [5.74, 6) is 0.435. The van der Waals surface area contributed by atoms with Crippen molar-refractivity contribution >= 4 is 23.2 Å². The van der Waals surface area contributed by atoms with Crippen LogP contribution in [0, 0.1) is 6.92 Å². The van der Waals surface area contributed by atoms with E-state index < -0.39 is 0 Å². The highest BCUT2D eigenvalue weighted by Crippen LogP contribution is 2.27. The first-order valence-electron chi connectivity index (χ1n) is 6.98. The zero-order chi connectivity index (χ0) is 15.9. The van der Waals surface area contributed by atoms with Crippen molar-refractivity contribution in [3.8, 4) is 5.75 Å². The van der Waals surface area contributed by atoms with Crippen LogP contribution in [0.15, 0.2) is 42.5 Å². The number of carbonyl (C=O) groups is 1. The third kappa shape index (κ3) is 4.76. The third-order valence-corrected chi connectivity index (χ3v) is 3.37. The number of nitrogens with one attached hydrogen (secondary N) is 2. The maximum Gasteiger partial charge on any atom is 0.238 e. The number of ether oxygens (including phenoxy) is 1. The Morgan fingerprint density at radius 3 is 2.77 bits per heavy atom. The van der Waals surface area contributed by atoms with Gasteiger partial charge in [-0.05, 0) is 30.7 Å². The van der Waals surface area contributed by atoms with E-state index in [0.717, 1.165) is 5.56 Å². The van der Waals surface area contributed by atoms with Crippen LogP contribution >= 0.6 is 11.6 Å². The Morgan fingerprint density at radius 2 is 2.05 bits per heavy atom. The van der Waals surface area contributed by atoms with Gasteiger partial charge in [0.15, 0.2) is 0 Å². The molecule has 0 unspecified atom stereocenters. The van der Waals surface area contributed by atoms with Crippen LogP contribution in [0.1, 0.15) is 11.1 Å². The van der Waals surface area contributed by atoms with E-state index in [0.29, 0.717) is 23.0 Å². The van der Waals surface area contributed by atoms with Gasteiger partial charge < -0.3 is 15.4 Å². The molecule has 0 aliphatic heterocycles. The van der Waals surface area contributed by atoms with E-state index in [2.05, 4.69) is 16.7 Å². The number of carbonyl (C=O) groups excluding carboxylic acids is 1. The second-order valence-electron chi connectivity index (χ2n) is 4.99. The molecule has 0 bridgehead atoms. The standard InChI is InChI=1S/C17H19ClN2O2/c1-12-4-3-5-13(8-12)10-19-11-17(21)20-15-9-14(18)6-7-16(15)22-2/h3-9,19H,10-11H2,1-2H3,(H,20,21). The van der Waals surface area contributed by atoms with Crippen molar-refractivity contribution in [2.24, 2.45) is 0 Å². The summed E-state index contributed by atoms with van der Waals surface area (Å²) in [5.41, 5.74) is 2.91. The third-order valence-electron chi connectivity index (χ3n) is 3.13. The van der Waals surface area contributed by atoms with Gasteiger partial charge in [0.05, 0.1) is 19.3 Å². The van der Waals surface area contributed by atoms with E-state index in [4.69, 9.17) is 16.3 Å². The lowest BCUT2D eigenvalue weighted by Gasteiger charge is -2.11. The predicted molar refractivity (Wildman–Crippen MR) is 89.5 cm³/mol. The lowest BCUT2D eigenvalue weighted by atomic mass is 10.1. The van der Waals surface area contributed by atoms with Crippen molar-refractivity contribution in [1.29, 1.82) is 0 Å². The van der Waals surface area contributed by atoms with Crippen LogP contribution in [0.4, 0.5) is 5.69 Å². The summed E-state index contributed by atoms with van der Waals surface area (Å²) >= 11 is 5.93. The van der Waals surface area contributed by atoms with Crippen molar-refractivity contribution in [3.05, 3.63) is 58.6 Å². The Labute approximate surface area is 135 Å². The van der Waals surface area contributed by atoms with Gasteiger partial charge in [-0.15, -0.1) is 0 Å². The van der Waals surface area contributed by atoms with Crippen LogP contribution < -0.4 is 15.4 Å². The molecule has 0 atom stereocenters. The smallest absolute Gasteiger partial charge is 0.238 e. The summed E-state index contributed by atoms with van der Waals surface area (Å²) in [4.78, 5) is 12.0. The lowest BCUT2D eigenvalue weighted by molar-refractivity contribution is -0.115. The summed E-state index contributed by atoms with van der Waals surface area (Å²) < 4.78 is 5.19. The highest BCUT2D eigenvalue weighted by molar-refractivity contribution is 6.31. The molecule has 0 fully saturated rings. The van der Waals surface area contributed by atoms with Gasteiger partial charge in [0, 0.05) is 11.6 Å². The first-order chi connectivity index (χ1) is 10.6. The molecule has 4 nitrogen and oxygen atoms in total. The molecule has 0 aliphatic carbocycles. The quantitative estimate of drug-likeness (QED) is 0.858. The summed E-state index contributed by atoms with van der Waals surface area (Å²) in [6.45, 7) is 2.90. The Hall–Kier alpha value is -2.04. The maximum atomic E-state index is 12.0. The van der Waals surface area contributed by atoms with Crippen molar-refractivity contribution in [2.45, 2.75) is 13.5 Å². The van der Waals surface area contributed by atoms with E-state index in [1.807, 2.05) is 25.1 Å². The van der Waals surface area contributed by atoms with Crippen molar-refractivity contribution in [1.82, 2.24) is 5.32 Å². The van der Waals surface area contributed by atoms with Crippen LogP contribution in [-0.2, 0) is 11.3 Å². The second-order valence-corrected chi connectivity index (χ2v) is 5.42. The van der Waals surface area contributed by atoms with Crippen molar-refractivity contribution < 1.29 is 9.53 Å². The molecular weight excluding hydrogens is 300 g/mol. The average Bonchev–Trinajstić information content (AvgIpc) is 2.47. The molecule has 0 saturated heterocycles. The van der Waals surface area contributed by atoms with Crippen LogP contribution in [0.25, 0.3) is 0 Å². The molecule has 116 valence electrons. The molecule has 5 heteroatoms. The van der Waals surface area contributed by atoms with Gasteiger partial charge in [-0.1, -0.05) is 41.4 Å². The summed E-state index contributed by atoms with van der Waals surface area (Å²) in [6, 6.07) is 13.3. The number of benzene rings is 2. The molecule has 0 radical (unpaired) electrons. The topological polar surface area (TPSA) is 50.4 Å². The molecule has 1 amide bonds. The van der Waals surface area contributed by atoms with Crippen molar-refractivity contribution in [2.75, 3.05) is 19.0 Å². The minimum absolute atomic E-state index is 0.145. The fourth-order valence-corrected chi connectivity index (χ4v) is 2.29. The zero-order valence-corrected chi connectivity index (χ0v) is 13.4. The highest BCUT2D eigenvalue weighted by Gasteiger charge is 2.08. The van der Waals surface area contributed by atoms with Crippen LogP contribution in [-0.4, -0.2) is 19.6 Å². The van der Waals surface area contributed by atoms with E-state index >= 15 is 0 Å². The molecule has 0 saturated carbocycles. The Morgan fingerprint density at radius 1 is 1.23 bits per heavy atom. The summed E-state index contributed by atoms with van der Waals surface area (Å²) in [6.07, 6.45) is 0. The van der Waals surface area contributed by atoms with Crippen LogP contribution in [0.2, 0.25) is 5.02 Å². The van der Waals surface area contributed by atoms with E-state index in [1.165, 1.54) is 5.56 Å². The Balaban J connectivity index is 1.87. The highest BCUT2D eigenvalue weighted by atomic mass is 35.5. The SMILES string of the molecule is COc1ccc(Cl)cc1NC(=O)CNCc1cccc(C)c1. The molecule has 0 spiro atoms. The Bertz CT molecular complexity index is 659. The Kier molecular flexibility index (Phi) is 5.81. The first-order valence-corrected chi connectivity index (χ1v) is 7.36. The molecule has 2 aromatic carbocycles. The molecule has 2 rings (SSSR count). The van der Waals surface area contributed by atoms with E-state index in [9.17, 15) is 4.79 Å². The van der Waals surface area contributed by atoms with E-state index in [1.54, 1.807) is 25.3 Å². The van der Waals surface area contributed by atoms with Gasteiger partial charge >= 0.3 is 0 Å². The number of anilines is 1. The minimum Gasteiger partial charge on any atom is -0.495 e. The van der Waals surface area contributed by atoms with Gasteiger partial charge in [0.1, 0.15) is 5.75 Å².